The van der Waals surface area contributed by atoms with Crippen LogP contribution in [0.4, 0.5) is 5.82 Å². The van der Waals surface area contributed by atoms with E-state index in [2.05, 4.69) is 20.9 Å². The molecule has 7 nitrogen and oxygen atoms in total. The molecule has 0 spiro atoms. The standard InChI is InChI=1S/C11H13N5O2/c1-7-4-9(16-18-7)6-14-11(17)8-2-3-13-10(5-8)15-12/h2-5H,6,12H2,1H3,(H,13,15)(H,14,17). The number of anilines is 1. The fraction of sp³-hybridized carbons (Fsp3) is 0.182. The van der Waals surface area contributed by atoms with E-state index in [0.717, 1.165) is 0 Å². The van der Waals surface area contributed by atoms with Crippen LogP contribution in [-0.4, -0.2) is 16.0 Å². The molecule has 1 amide bonds. The van der Waals surface area contributed by atoms with E-state index in [4.69, 9.17) is 10.4 Å². The number of hydrogen-bond acceptors (Lipinski definition) is 6. The Labute approximate surface area is 103 Å². The Balaban J connectivity index is 1.99. The van der Waals surface area contributed by atoms with Crippen LogP contribution in [0.1, 0.15) is 21.8 Å². The van der Waals surface area contributed by atoms with Gasteiger partial charge in [0.05, 0.1) is 6.54 Å². The summed E-state index contributed by atoms with van der Waals surface area (Å²) in [4.78, 5) is 15.7. The molecule has 0 bridgehead atoms. The van der Waals surface area contributed by atoms with E-state index in [1.807, 2.05) is 0 Å². The maximum absolute atomic E-state index is 11.8. The highest BCUT2D eigenvalue weighted by molar-refractivity contribution is 5.94. The zero-order chi connectivity index (χ0) is 13.0. The van der Waals surface area contributed by atoms with Gasteiger partial charge in [0.25, 0.3) is 5.91 Å². The monoisotopic (exact) mass is 247 g/mol. The maximum Gasteiger partial charge on any atom is 0.251 e. The van der Waals surface area contributed by atoms with Crippen molar-refractivity contribution < 1.29 is 9.32 Å². The number of aromatic nitrogens is 2. The molecular weight excluding hydrogens is 234 g/mol. The van der Waals surface area contributed by atoms with Crippen LogP contribution in [0.15, 0.2) is 28.9 Å². The Morgan fingerprint density at radius 2 is 2.33 bits per heavy atom. The minimum Gasteiger partial charge on any atom is -0.361 e. The number of nitrogen functional groups attached to an aromatic ring is 1. The Bertz CT molecular complexity index is 552. The molecule has 0 aliphatic heterocycles. The molecule has 0 radical (unpaired) electrons. The lowest BCUT2D eigenvalue weighted by molar-refractivity contribution is 0.0950. The first-order chi connectivity index (χ1) is 8.69. The SMILES string of the molecule is Cc1cc(CNC(=O)c2ccnc(NN)c2)no1. The van der Waals surface area contributed by atoms with Crippen LogP contribution in [0.2, 0.25) is 0 Å². The molecule has 18 heavy (non-hydrogen) atoms. The molecule has 0 saturated heterocycles. The third kappa shape index (κ3) is 2.83. The van der Waals surface area contributed by atoms with Gasteiger partial charge in [-0.2, -0.15) is 0 Å². The van der Waals surface area contributed by atoms with Crippen LogP contribution in [0.3, 0.4) is 0 Å². The van der Waals surface area contributed by atoms with E-state index >= 15 is 0 Å². The van der Waals surface area contributed by atoms with E-state index in [9.17, 15) is 4.79 Å². The van der Waals surface area contributed by atoms with Crippen molar-refractivity contribution in [1.29, 1.82) is 0 Å². The third-order valence-corrected chi connectivity index (χ3v) is 2.28. The predicted molar refractivity (Wildman–Crippen MR) is 64.5 cm³/mol. The van der Waals surface area contributed by atoms with Gasteiger partial charge in [-0.15, -0.1) is 0 Å². The number of rotatable bonds is 4. The Morgan fingerprint density at radius 3 is 3.00 bits per heavy atom. The number of carbonyl (C=O) groups excluding carboxylic acids is 1. The summed E-state index contributed by atoms with van der Waals surface area (Å²) in [5, 5.41) is 6.50. The van der Waals surface area contributed by atoms with E-state index in [1.165, 1.54) is 6.20 Å². The number of amides is 1. The number of hydrazine groups is 1. The zero-order valence-electron chi connectivity index (χ0n) is 9.80. The molecule has 0 aliphatic carbocycles. The summed E-state index contributed by atoms with van der Waals surface area (Å²) in [6.07, 6.45) is 1.50. The van der Waals surface area contributed by atoms with Crippen molar-refractivity contribution in [3.63, 3.8) is 0 Å². The van der Waals surface area contributed by atoms with E-state index in [0.29, 0.717) is 29.4 Å². The van der Waals surface area contributed by atoms with Crippen molar-refractivity contribution in [2.24, 2.45) is 5.84 Å². The summed E-state index contributed by atoms with van der Waals surface area (Å²) < 4.78 is 4.90. The first-order valence-corrected chi connectivity index (χ1v) is 5.32. The average molecular weight is 247 g/mol. The van der Waals surface area contributed by atoms with E-state index < -0.39 is 0 Å². The van der Waals surface area contributed by atoms with E-state index in [-0.39, 0.29) is 5.91 Å². The second-order valence-electron chi connectivity index (χ2n) is 3.69. The highest BCUT2D eigenvalue weighted by Gasteiger charge is 2.07. The molecule has 4 N–H and O–H groups in total. The van der Waals surface area contributed by atoms with Gasteiger partial charge in [-0.3, -0.25) is 4.79 Å². The second kappa shape index (κ2) is 5.28. The number of aryl methyl sites for hydroxylation is 1. The highest BCUT2D eigenvalue weighted by Crippen LogP contribution is 2.06. The van der Waals surface area contributed by atoms with Crippen molar-refractivity contribution in [2.75, 3.05) is 5.43 Å². The van der Waals surface area contributed by atoms with Crippen LogP contribution >= 0.6 is 0 Å². The summed E-state index contributed by atoms with van der Waals surface area (Å²) in [5.74, 6) is 6.13. The van der Waals surface area contributed by atoms with Gasteiger partial charge in [0, 0.05) is 17.8 Å². The van der Waals surface area contributed by atoms with Crippen molar-refractivity contribution in [1.82, 2.24) is 15.5 Å². The van der Waals surface area contributed by atoms with Crippen LogP contribution in [0.5, 0.6) is 0 Å². The number of carbonyl (C=O) groups is 1. The molecule has 0 fully saturated rings. The lowest BCUT2D eigenvalue weighted by Gasteiger charge is -2.04. The molecule has 2 aromatic heterocycles. The molecule has 0 atom stereocenters. The first-order valence-electron chi connectivity index (χ1n) is 5.32. The molecular formula is C11H13N5O2. The normalized spacial score (nSPS) is 10.1. The number of nitrogens with zero attached hydrogens (tertiary/aromatic N) is 2. The number of pyridine rings is 1. The Morgan fingerprint density at radius 1 is 1.50 bits per heavy atom. The summed E-state index contributed by atoms with van der Waals surface area (Å²) >= 11 is 0. The van der Waals surface area contributed by atoms with Crippen LogP contribution in [0, 0.1) is 6.92 Å². The molecule has 0 unspecified atom stereocenters. The van der Waals surface area contributed by atoms with Crippen molar-refractivity contribution in [3.8, 4) is 0 Å². The van der Waals surface area contributed by atoms with Crippen molar-refractivity contribution in [3.05, 3.63) is 41.4 Å². The third-order valence-electron chi connectivity index (χ3n) is 2.28. The average Bonchev–Trinajstić information content (AvgIpc) is 2.82. The maximum atomic E-state index is 11.8. The lowest BCUT2D eigenvalue weighted by Crippen LogP contribution is -2.23. The molecule has 2 rings (SSSR count). The van der Waals surface area contributed by atoms with E-state index in [1.54, 1.807) is 25.1 Å². The molecule has 0 saturated carbocycles. The molecule has 7 heteroatoms. The zero-order valence-corrected chi connectivity index (χ0v) is 9.80. The molecule has 2 heterocycles. The smallest absolute Gasteiger partial charge is 0.251 e. The second-order valence-corrected chi connectivity index (χ2v) is 3.69. The molecule has 0 aromatic carbocycles. The van der Waals surface area contributed by atoms with Crippen LogP contribution < -0.4 is 16.6 Å². The van der Waals surface area contributed by atoms with Crippen molar-refractivity contribution in [2.45, 2.75) is 13.5 Å². The van der Waals surface area contributed by atoms with Gasteiger partial charge in [-0.25, -0.2) is 10.8 Å². The fourth-order valence-electron chi connectivity index (χ4n) is 1.42. The minimum atomic E-state index is -0.227. The first kappa shape index (κ1) is 12.1. The lowest BCUT2D eigenvalue weighted by atomic mass is 10.2. The number of nitrogens with one attached hydrogen (secondary N) is 2. The minimum absolute atomic E-state index is 0.227. The van der Waals surface area contributed by atoms with Gasteiger partial charge < -0.3 is 15.3 Å². The largest absolute Gasteiger partial charge is 0.361 e. The fourth-order valence-corrected chi connectivity index (χ4v) is 1.42. The Kier molecular flexibility index (Phi) is 3.54. The van der Waals surface area contributed by atoms with Gasteiger partial charge in [-0.1, -0.05) is 5.16 Å². The highest BCUT2D eigenvalue weighted by atomic mass is 16.5. The van der Waals surface area contributed by atoms with Crippen molar-refractivity contribution >= 4 is 11.7 Å². The molecule has 94 valence electrons. The summed E-state index contributed by atoms with van der Waals surface area (Å²) in [6.45, 7) is 2.10. The quantitative estimate of drug-likeness (QED) is 0.539. The van der Waals surface area contributed by atoms with Gasteiger partial charge in [0.1, 0.15) is 17.3 Å². The number of hydrogen-bond donors (Lipinski definition) is 3. The van der Waals surface area contributed by atoms with Crippen LogP contribution in [-0.2, 0) is 6.54 Å². The predicted octanol–water partition coefficient (Wildman–Crippen LogP) is 0.594. The summed E-state index contributed by atoms with van der Waals surface area (Å²) in [7, 11) is 0. The van der Waals surface area contributed by atoms with Gasteiger partial charge in [0.2, 0.25) is 0 Å². The number of nitrogens with two attached hydrogens (primary N) is 1. The Hall–Kier alpha value is -2.41. The topological polar surface area (TPSA) is 106 Å². The summed E-state index contributed by atoms with van der Waals surface area (Å²) in [6, 6.07) is 4.92. The van der Waals surface area contributed by atoms with Gasteiger partial charge in [0.15, 0.2) is 0 Å². The van der Waals surface area contributed by atoms with Gasteiger partial charge >= 0.3 is 0 Å². The van der Waals surface area contributed by atoms with Gasteiger partial charge in [-0.05, 0) is 19.1 Å². The molecule has 0 aliphatic rings. The van der Waals surface area contributed by atoms with Crippen LogP contribution in [0.25, 0.3) is 0 Å². The summed E-state index contributed by atoms with van der Waals surface area (Å²) in [5.41, 5.74) is 3.52. The molecule has 2 aromatic rings.